The van der Waals surface area contributed by atoms with Gasteiger partial charge in [0, 0.05) is 6.07 Å². The number of pyridine rings is 1. The smallest absolute Gasteiger partial charge is 0.415 e. The van der Waals surface area contributed by atoms with Gasteiger partial charge in [0.2, 0.25) is 0 Å². The molecule has 0 aliphatic heterocycles. The summed E-state index contributed by atoms with van der Waals surface area (Å²) in [7, 11) is 1.54. The van der Waals surface area contributed by atoms with Crippen molar-refractivity contribution < 1.29 is 27.8 Å². The maximum atomic E-state index is 12.8. The number of hydrogen-bond donors (Lipinski definition) is 0. The van der Waals surface area contributed by atoms with E-state index >= 15 is 0 Å². The molecule has 0 aliphatic carbocycles. The van der Waals surface area contributed by atoms with Gasteiger partial charge in [0.1, 0.15) is 16.5 Å². The molecule has 1 aromatic carbocycles. The van der Waals surface area contributed by atoms with E-state index in [0.717, 1.165) is 6.20 Å². The van der Waals surface area contributed by atoms with Gasteiger partial charge in [0.05, 0.1) is 25.5 Å². The van der Waals surface area contributed by atoms with E-state index in [1.54, 1.807) is 45.0 Å². The van der Waals surface area contributed by atoms with Gasteiger partial charge in [-0.15, -0.1) is 0 Å². The minimum absolute atomic E-state index is 0.0138. The van der Waals surface area contributed by atoms with Gasteiger partial charge in [0.25, 0.3) is 0 Å². The molecule has 9 heteroatoms. The second-order valence-corrected chi connectivity index (χ2v) is 7.16. The van der Waals surface area contributed by atoms with Crippen molar-refractivity contribution in [3.05, 3.63) is 47.2 Å². The molecule has 0 saturated heterocycles. The van der Waals surface area contributed by atoms with Crippen molar-refractivity contribution in [2.75, 3.05) is 12.0 Å². The fraction of sp³-hybridized carbons (Fsp3) is 0.368. The van der Waals surface area contributed by atoms with Gasteiger partial charge < -0.3 is 14.2 Å². The van der Waals surface area contributed by atoms with E-state index in [-0.39, 0.29) is 23.1 Å². The Hall–Kier alpha value is -2.61. The highest BCUT2D eigenvalue weighted by Crippen LogP contribution is 2.33. The van der Waals surface area contributed by atoms with Gasteiger partial charge in [-0.25, -0.2) is 9.78 Å². The monoisotopic (exact) mass is 414 g/mol. The second kappa shape index (κ2) is 9.05. The summed E-state index contributed by atoms with van der Waals surface area (Å²) in [4.78, 5) is 17.7. The van der Waals surface area contributed by atoms with Crippen LogP contribution in [-0.4, -0.2) is 30.4 Å². The normalized spacial score (nSPS) is 11.3. The third kappa shape index (κ3) is 6.23. The number of benzene rings is 1. The predicted octanol–water partition coefficient (Wildman–Crippen LogP) is 5.29. The first-order valence-corrected chi connectivity index (χ1v) is 8.70. The highest BCUT2D eigenvalue weighted by atomic mass is 35.5. The van der Waals surface area contributed by atoms with Crippen molar-refractivity contribution in [3.63, 3.8) is 0 Å². The molecule has 0 atom stereocenters. The number of amides is 1. The van der Waals surface area contributed by atoms with Crippen LogP contribution in [-0.2, 0) is 11.3 Å². The number of halogens is 3. The summed E-state index contributed by atoms with van der Waals surface area (Å²) in [6, 6.07) is 8.20. The van der Waals surface area contributed by atoms with E-state index in [1.807, 2.05) is 0 Å². The van der Waals surface area contributed by atoms with Gasteiger partial charge in [-0.2, -0.15) is 8.78 Å². The SMILES string of the molecule is COc1ccc(CN(C(=O)OC(C)(C)C)c2cc(Cl)ncc2OC(F)F)cc1. The van der Waals surface area contributed by atoms with Gasteiger partial charge in [-0.05, 0) is 38.5 Å². The quantitative estimate of drug-likeness (QED) is 0.601. The maximum absolute atomic E-state index is 12.8. The Labute approximate surface area is 167 Å². The van der Waals surface area contributed by atoms with Crippen LogP contribution in [0.15, 0.2) is 36.5 Å². The molecule has 0 bridgehead atoms. The Morgan fingerprint density at radius 1 is 1.25 bits per heavy atom. The molecule has 2 aromatic rings. The van der Waals surface area contributed by atoms with E-state index in [4.69, 9.17) is 21.1 Å². The summed E-state index contributed by atoms with van der Waals surface area (Å²) < 4.78 is 40.7. The Bertz CT molecular complexity index is 811. The molecule has 0 saturated carbocycles. The molecule has 152 valence electrons. The van der Waals surface area contributed by atoms with Gasteiger partial charge in [-0.1, -0.05) is 23.7 Å². The highest BCUT2D eigenvalue weighted by Gasteiger charge is 2.27. The topological polar surface area (TPSA) is 60.9 Å². The van der Waals surface area contributed by atoms with Crippen LogP contribution in [0.5, 0.6) is 11.5 Å². The number of carbonyl (C=O) groups is 1. The van der Waals surface area contributed by atoms with Crippen LogP contribution in [0.25, 0.3) is 0 Å². The fourth-order valence-electron chi connectivity index (χ4n) is 2.28. The van der Waals surface area contributed by atoms with Crippen molar-refractivity contribution in [2.45, 2.75) is 39.5 Å². The molecule has 28 heavy (non-hydrogen) atoms. The van der Waals surface area contributed by atoms with Gasteiger partial charge in [-0.3, -0.25) is 4.90 Å². The molecule has 1 aromatic heterocycles. The summed E-state index contributed by atoms with van der Waals surface area (Å²) in [5.41, 5.74) is -0.0662. The Morgan fingerprint density at radius 2 is 1.89 bits per heavy atom. The summed E-state index contributed by atoms with van der Waals surface area (Å²) in [5.74, 6) is 0.347. The molecule has 0 unspecified atom stereocenters. The second-order valence-electron chi connectivity index (χ2n) is 6.77. The highest BCUT2D eigenvalue weighted by molar-refractivity contribution is 6.29. The number of nitrogens with zero attached hydrogens (tertiary/aromatic N) is 2. The third-order valence-corrected chi connectivity index (χ3v) is 3.64. The molecule has 1 amide bonds. The van der Waals surface area contributed by atoms with Crippen molar-refractivity contribution in [3.8, 4) is 11.5 Å². The molecule has 0 radical (unpaired) electrons. The molecular formula is C19H21ClF2N2O4. The van der Waals surface area contributed by atoms with Crippen LogP contribution < -0.4 is 14.4 Å². The Balaban J connectivity index is 2.45. The van der Waals surface area contributed by atoms with Crippen molar-refractivity contribution in [1.82, 2.24) is 4.98 Å². The number of ether oxygens (including phenoxy) is 3. The van der Waals surface area contributed by atoms with E-state index in [0.29, 0.717) is 11.3 Å². The minimum Gasteiger partial charge on any atom is -0.497 e. The van der Waals surface area contributed by atoms with Gasteiger partial charge in [0.15, 0.2) is 5.75 Å². The summed E-state index contributed by atoms with van der Waals surface area (Å²) in [5, 5.41) is 0.0138. The molecule has 0 aliphatic rings. The average Bonchev–Trinajstić information content (AvgIpc) is 2.60. The van der Waals surface area contributed by atoms with Crippen molar-refractivity contribution in [1.29, 1.82) is 0 Å². The minimum atomic E-state index is -3.09. The number of rotatable bonds is 6. The van der Waals surface area contributed by atoms with E-state index in [1.165, 1.54) is 18.1 Å². The molecule has 2 rings (SSSR count). The molecule has 1 heterocycles. The predicted molar refractivity (Wildman–Crippen MR) is 101 cm³/mol. The lowest BCUT2D eigenvalue weighted by Gasteiger charge is -2.28. The molecule has 0 fully saturated rings. The summed E-state index contributed by atoms with van der Waals surface area (Å²) in [6.07, 6.45) is 0.291. The Kier molecular flexibility index (Phi) is 7.01. The number of hydrogen-bond acceptors (Lipinski definition) is 5. The molecule has 0 spiro atoms. The molecular weight excluding hydrogens is 394 g/mol. The number of carbonyl (C=O) groups excluding carboxylic acids is 1. The van der Waals surface area contributed by atoms with Crippen LogP contribution >= 0.6 is 11.6 Å². The molecule has 0 N–H and O–H groups in total. The number of alkyl halides is 2. The van der Waals surface area contributed by atoms with E-state index < -0.39 is 18.3 Å². The fourth-order valence-corrected chi connectivity index (χ4v) is 2.44. The first-order chi connectivity index (χ1) is 13.1. The van der Waals surface area contributed by atoms with Gasteiger partial charge >= 0.3 is 12.7 Å². The standard InChI is InChI=1S/C19H21ClF2N2O4/c1-19(2,3)28-18(25)24(11-12-5-7-13(26-4)8-6-12)14-9-16(20)23-10-15(14)27-17(21)22/h5-10,17H,11H2,1-4H3. The lowest BCUT2D eigenvalue weighted by molar-refractivity contribution is -0.0498. The summed E-state index contributed by atoms with van der Waals surface area (Å²) >= 11 is 5.93. The molecule has 6 nitrogen and oxygen atoms in total. The number of methoxy groups -OCH3 is 1. The van der Waals surface area contributed by atoms with Crippen LogP contribution in [0.2, 0.25) is 5.15 Å². The lowest BCUT2D eigenvalue weighted by atomic mass is 10.2. The number of anilines is 1. The largest absolute Gasteiger partial charge is 0.497 e. The van der Waals surface area contributed by atoms with Crippen LogP contribution in [0.1, 0.15) is 26.3 Å². The zero-order valence-electron chi connectivity index (χ0n) is 15.9. The zero-order valence-corrected chi connectivity index (χ0v) is 16.7. The number of aromatic nitrogens is 1. The van der Waals surface area contributed by atoms with Crippen molar-refractivity contribution >= 4 is 23.4 Å². The first kappa shape index (κ1) is 21.7. The Morgan fingerprint density at radius 3 is 2.43 bits per heavy atom. The maximum Gasteiger partial charge on any atom is 0.415 e. The van der Waals surface area contributed by atoms with E-state index in [9.17, 15) is 13.6 Å². The summed E-state index contributed by atoms with van der Waals surface area (Å²) in [6.45, 7) is 2.04. The van der Waals surface area contributed by atoms with Crippen molar-refractivity contribution in [2.24, 2.45) is 0 Å². The zero-order chi connectivity index (χ0) is 20.9. The van der Waals surface area contributed by atoms with Crippen LogP contribution in [0.3, 0.4) is 0 Å². The lowest BCUT2D eigenvalue weighted by Crippen LogP contribution is -2.37. The average molecular weight is 415 g/mol. The first-order valence-electron chi connectivity index (χ1n) is 8.33. The van der Waals surface area contributed by atoms with E-state index in [2.05, 4.69) is 9.72 Å². The van der Waals surface area contributed by atoms with Crippen LogP contribution in [0, 0.1) is 0 Å². The van der Waals surface area contributed by atoms with Crippen LogP contribution in [0.4, 0.5) is 19.3 Å². The third-order valence-electron chi connectivity index (χ3n) is 3.43.